The first-order valence-corrected chi connectivity index (χ1v) is 7.88. The molecule has 0 atom stereocenters. The van der Waals surface area contributed by atoms with Gasteiger partial charge in [-0.2, -0.15) is 0 Å². The van der Waals surface area contributed by atoms with E-state index in [-0.39, 0.29) is 6.03 Å². The molecule has 0 aromatic heterocycles. The zero-order valence-corrected chi connectivity index (χ0v) is 13.2. The van der Waals surface area contributed by atoms with Crippen LogP contribution < -0.4 is 20.7 Å². The third kappa shape index (κ3) is 4.02. The Morgan fingerprint density at radius 2 is 1.83 bits per heavy atom. The van der Waals surface area contributed by atoms with Crippen LogP contribution in [-0.2, 0) is 13.0 Å². The van der Waals surface area contributed by atoms with Gasteiger partial charge < -0.3 is 20.7 Å². The molecule has 1 aliphatic rings. The fourth-order valence-corrected chi connectivity index (χ4v) is 2.65. The lowest BCUT2D eigenvalue weighted by molar-refractivity contribution is 0.262. The molecule has 0 radical (unpaired) electrons. The Bertz CT molecular complexity index is 683. The predicted molar refractivity (Wildman–Crippen MR) is 92.1 cm³/mol. The summed E-state index contributed by atoms with van der Waals surface area (Å²) in [5.74, 6) is 0.793. The van der Waals surface area contributed by atoms with Gasteiger partial charge in [-0.1, -0.05) is 6.07 Å². The first-order chi connectivity index (χ1) is 11.2. The van der Waals surface area contributed by atoms with Gasteiger partial charge >= 0.3 is 6.03 Å². The standard InChI is InChI=1S/C18H21N3O2/c1-2-23-17-7-5-15(6-8-17)20-18(22)21-16-4-3-14-12-19-10-9-13(14)11-16/h3-8,11,19H,2,9-10,12H2,1H3,(H2,20,21,22). The van der Waals surface area contributed by atoms with Gasteiger partial charge in [0, 0.05) is 17.9 Å². The molecule has 3 N–H and O–H groups in total. The molecular formula is C18H21N3O2. The van der Waals surface area contributed by atoms with Crippen LogP contribution in [0, 0.1) is 0 Å². The largest absolute Gasteiger partial charge is 0.494 e. The smallest absolute Gasteiger partial charge is 0.323 e. The van der Waals surface area contributed by atoms with Gasteiger partial charge in [0.25, 0.3) is 0 Å². The number of rotatable bonds is 4. The van der Waals surface area contributed by atoms with E-state index >= 15 is 0 Å². The maximum absolute atomic E-state index is 12.1. The number of anilines is 2. The summed E-state index contributed by atoms with van der Waals surface area (Å²) in [7, 11) is 0. The summed E-state index contributed by atoms with van der Waals surface area (Å²) >= 11 is 0. The molecule has 2 amide bonds. The zero-order chi connectivity index (χ0) is 16.1. The van der Waals surface area contributed by atoms with Crippen LogP contribution in [0.25, 0.3) is 0 Å². The van der Waals surface area contributed by atoms with Gasteiger partial charge in [-0.05, 0) is 67.4 Å². The molecule has 2 aromatic rings. The highest BCUT2D eigenvalue weighted by atomic mass is 16.5. The van der Waals surface area contributed by atoms with E-state index in [1.54, 1.807) is 0 Å². The number of amides is 2. The summed E-state index contributed by atoms with van der Waals surface area (Å²) in [6, 6.07) is 13.1. The highest BCUT2D eigenvalue weighted by molar-refractivity contribution is 5.99. The lowest BCUT2D eigenvalue weighted by Crippen LogP contribution is -2.24. The molecule has 3 rings (SSSR count). The van der Waals surface area contributed by atoms with E-state index in [4.69, 9.17) is 4.74 Å². The van der Waals surface area contributed by atoms with Crippen molar-refractivity contribution in [2.24, 2.45) is 0 Å². The van der Waals surface area contributed by atoms with Crippen LogP contribution in [0.3, 0.4) is 0 Å². The van der Waals surface area contributed by atoms with E-state index in [0.717, 1.165) is 36.6 Å². The van der Waals surface area contributed by atoms with Crippen molar-refractivity contribution >= 4 is 17.4 Å². The molecule has 0 bridgehead atoms. The molecule has 0 saturated carbocycles. The SMILES string of the molecule is CCOc1ccc(NC(=O)Nc2ccc3c(c2)CCNC3)cc1. The Morgan fingerprint density at radius 1 is 1.09 bits per heavy atom. The van der Waals surface area contributed by atoms with Crippen LogP contribution in [0.5, 0.6) is 5.75 Å². The van der Waals surface area contributed by atoms with E-state index in [9.17, 15) is 4.79 Å². The molecule has 1 aliphatic heterocycles. The maximum Gasteiger partial charge on any atom is 0.323 e. The zero-order valence-electron chi connectivity index (χ0n) is 13.2. The number of ether oxygens (including phenoxy) is 1. The van der Waals surface area contributed by atoms with Crippen molar-refractivity contribution < 1.29 is 9.53 Å². The lowest BCUT2D eigenvalue weighted by Gasteiger charge is -2.18. The number of carbonyl (C=O) groups excluding carboxylic acids is 1. The van der Waals surface area contributed by atoms with Crippen molar-refractivity contribution in [2.75, 3.05) is 23.8 Å². The molecule has 23 heavy (non-hydrogen) atoms. The summed E-state index contributed by atoms with van der Waals surface area (Å²) in [5.41, 5.74) is 4.14. The van der Waals surface area contributed by atoms with Gasteiger partial charge in [0.15, 0.2) is 0 Å². The molecule has 0 saturated heterocycles. The Kier molecular flexibility index (Phi) is 4.78. The molecule has 0 unspecified atom stereocenters. The van der Waals surface area contributed by atoms with Crippen molar-refractivity contribution in [3.8, 4) is 5.75 Å². The minimum absolute atomic E-state index is 0.247. The van der Waals surface area contributed by atoms with Gasteiger partial charge in [-0.25, -0.2) is 4.79 Å². The summed E-state index contributed by atoms with van der Waals surface area (Å²) in [4.78, 5) is 12.1. The summed E-state index contributed by atoms with van der Waals surface area (Å²) in [6.07, 6.45) is 0.991. The second-order valence-electron chi connectivity index (χ2n) is 5.45. The molecule has 2 aromatic carbocycles. The van der Waals surface area contributed by atoms with Crippen molar-refractivity contribution in [1.29, 1.82) is 0 Å². The van der Waals surface area contributed by atoms with E-state index in [1.165, 1.54) is 11.1 Å². The fraction of sp³-hybridized carbons (Fsp3) is 0.278. The fourth-order valence-electron chi connectivity index (χ4n) is 2.65. The third-order valence-electron chi connectivity index (χ3n) is 3.77. The van der Waals surface area contributed by atoms with Crippen molar-refractivity contribution in [3.05, 3.63) is 53.6 Å². The van der Waals surface area contributed by atoms with Crippen LogP contribution in [0.2, 0.25) is 0 Å². The number of urea groups is 1. The van der Waals surface area contributed by atoms with E-state index in [2.05, 4.69) is 22.0 Å². The summed E-state index contributed by atoms with van der Waals surface area (Å²) in [6.45, 7) is 4.44. The number of hydrogen-bond donors (Lipinski definition) is 3. The minimum atomic E-state index is -0.247. The molecular weight excluding hydrogens is 290 g/mol. The first-order valence-electron chi connectivity index (χ1n) is 7.88. The summed E-state index contributed by atoms with van der Waals surface area (Å²) in [5, 5.41) is 9.04. The van der Waals surface area contributed by atoms with E-state index in [1.807, 2.05) is 43.3 Å². The maximum atomic E-state index is 12.1. The molecule has 5 nitrogen and oxygen atoms in total. The molecule has 120 valence electrons. The number of nitrogens with one attached hydrogen (secondary N) is 3. The topological polar surface area (TPSA) is 62.4 Å². The number of fused-ring (bicyclic) bond motifs is 1. The molecule has 0 aliphatic carbocycles. The van der Waals surface area contributed by atoms with Gasteiger partial charge in [-0.15, -0.1) is 0 Å². The third-order valence-corrected chi connectivity index (χ3v) is 3.77. The molecule has 5 heteroatoms. The van der Waals surface area contributed by atoms with Gasteiger partial charge in [-0.3, -0.25) is 0 Å². The Morgan fingerprint density at radius 3 is 2.61 bits per heavy atom. The van der Waals surface area contributed by atoms with Crippen LogP contribution >= 0.6 is 0 Å². The Hall–Kier alpha value is -2.53. The van der Waals surface area contributed by atoms with E-state index < -0.39 is 0 Å². The number of hydrogen-bond acceptors (Lipinski definition) is 3. The van der Waals surface area contributed by atoms with Crippen LogP contribution in [0.1, 0.15) is 18.1 Å². The molecule has 0 spiro atoms. The van der Waals surface area contributed by atoms with Crippen molar-refractivity contribution in [2.45, 2.75) is 19.9 Å². The lowest BCUT2D eigenvalue weighted by atomic mass is 10.0. The van der Waals surface area contributed by atoms with Crippen molar-refractivity contribution in [1.82, 2.24) is 5.32 Å². The van der Waals surface area contributed by atoms with Gasteiger partial charge in [0.1, 0.15) is 5.75 Å². The van der Waals surface area contributed by atoms with Crippen LogP contribution in [0.4, 0.5) is 16.2 Å². The van der Waals surface area contributed by atoms with Crippen LogP contribution in [-0.4, -0.2) is 19.2 Å². The quantitative estimate of drug-likeness (QED) is 0.811. The normalized spacial score (nSPS) is 13.1. The number of benzene rings is 2. The monoisotopic (exact) mass is 311 g/mol. The van der Waals surface area contributed by atoms with Crippen molar-refractivity contribution in [3.63, 3.8) is 0 Å². The second kappa shape index (κ2) is 7.15. The van der Waals surface area contributed by atoms with Gasteiger partial charge in [0.2, 0.25) is 0 Å². The minimum Gasteiger partial charge on any atom is -0.494 e. The average molecular weight is 311 g/mol. The first kappa shape index (κ1) is 15.4. The predicted octanol–water partition coefficient (Wildman–Crippen LogP) is 3.38. The number of carbonyl (C=O) groups is 1. The average Bonchev–Trinajstić information content (AvgIpc) is 2.57. The van der Waals surface area contributed by atoms with Gasteiger partial charge in [0.05, 0.1) is 6.61 Å². The Balaban J connectivity index is 1.60. The second-order valence-corrected chi connectivity index (χ2v) is 5.45. The van der Waals surface area contributed by atoms with E-state index in [0.29, 0.717) is 6.61 Å². The highest BCUT2D eigenvalue weighted by Gasteiger charge is 2.10. The summed E-state index contributed by atoms with van der Waals surface area (Å²) < 4.78 is 5.38. The van der Waals surface area contributed by atoms with Crippen LogP contribution in [0.15, 0.2) is 42.5 Å². The highest BCUT2D eigenvalue weighted by Crippen LogP contribution is 2.20. The molecule has 1 heterocycles. The molecule has 0 fully saturated rings. The Labute approximate surface area is 136 Å².